The fourth-order valence-corrected chi connectivity index (χ4v) is 8.73. The molecule has 1 aromatic heterocycles. The molecule has 6 nitrogen and oxygen atoms in total. The highest BCUT2D eigenvalue weighted by Gasteiger charge is 2.50. The van der Waals surface area contributed by atoms with Crippen molar-refractivity contribution in [1.29, 1.82) is 0 Å². The summed E-state index contributed by atoms with van der Waals surface area (Å²) < 4.78 is 41.5. The molecule has 0 atom stereocenters. The van der Waals surface area contributed by atoms with Gasteiger partial charge in [0.1, 0.15) is 22.9 Å². The first-order valence-electron chi connectivity index (χ1n) is 11.7. The molecule has 0 amide bonds. The summed E-state index contributed by atoms with van der Waals surface area (Å²) in [5.74, 6) is 2.83. The number of sulfonamides is 1. The standard InChI is InChI=1S/C24H29FN4O2S/c25-20-3-1-2-4-22(20)32(30,31)29-6-5-19-21(13-29)27-15-28-23(19)26-14-24-10-16-7-17(11-24)9-18(8-16)12-24/h1-4,15-18H,5-14H2,(H,26,27,28). The summed E-state index contributed by atoms with van der Waals surface area (Å²) in [6.45, 7) is 1.38. The van der Waals surface area contributed by atoms with Crippen LogP contribution in [0.1, 0.15) is 49.8 Å². The van der Waals surface area contributed by atoms with Crippen molar-refractivity contribution in [2.24, 2.45) is 23.2 Å². The maximum absolute atomic E-state index is 14.2. The van der Waals surface area contributed by atoms with Crippen molar-refractivity contribution in [3.63, 3.8) is 0 Å². The molecule has 1 aromatic carbocycles. The van der Waals surface area contributed by atoms with Crippen LogP contribution in [-0.4, -0.2) is 35.8 Å². The van der Waals surface area contributed by atoms with Crippen LogP contribution in [0.15, 0.2) is 35.5 Å². The lowest BCUT2D eigenvalue weighted by Crippen LogP contribution is -2.49. The van der Waals surface area contributed by atoms with Gasteiger partial charge in [-0.3, -0.25) is 0 Å². The molecule has 2 aromatic rings. The SMILES string of the molecule is O=S(=O)(c1ccccc1F)N1CCc2c(ncnc2NCC23CC4CC(CC(C4)C2)C3)C1. The molecular formula is C24H29FN4O2S. The summed E-state index contributed by atoms with van der Waals surface area (Å²) >= 11 is 0. The number of nitrogens with zero attached hydrogens (tertiary/aromatic N) is 3. The van der Waals surface area contributed by atoms with E-state index in [0.717, 1.165) is 35.7 Å². The molecule has 32 heavy (non-hydrogen) atoms. The number of aromatic nitrogens is 2. The van der Waals surface area contributed by atoms with Crippen molar-refractivity contribution < 1.29 is 12.8 Å². The summed E-state index contributed by atoms with van der Waals surface area (Å²) in [6.07, 6.45) is 10.3. The van der Waals surface area contributed by atoms with E-state index in [0.29, 0.717) is 24.1 Å². The molecule has 0 unspecified atom stereocenters. The Kier molecular flexibility index (Phi) is 4.80. The minimum Gasteiger partial charge on any atom is -0.369 e. The Hall–Kier alpha value is -2.06. The van der Waals surface area contributed by atoms with Crippen LogP contribution < -0.4 is 5.32 Å². The molecule has 4 fully saturated rings. The van der Waals surface area contributed by atoms with Gasteiger partial charge >= 0.3 is 0 Å². The van der Waals surface area contributed by atoms with Gasteiger partial charge in [0.25, 0.3) is 0 Å². The number of rotatable bonds is 5. The number of benzene rings is 1. The van der Waals surface area contributed by atoms with Crippen molar-refractivity contribution in [1.82, 2.24) is 14.3 Å². The zero-order valence-electron chi connectivity index (χ0n) is 18.1. The second-order valence-corrected chi connectivity index (χ2v) is 12.3. The molecule has 2 heterocycles. The molecular weight excluding hydrogens is 427 g/mol. The summed E-state index contributed by atoms with van der Waals surface area (Å²) in [5, 5.41) is 3.65. The predicted octanol–water partition coefficient (Wildman–Crippen LogP) is 3.99. The number of fused-ring (bicyclic) bond motifs is 1. The van der Waals surface area contributed by atoms with E-state index in [1.807, 2.05) is 0 Å². The Morgan fingerprint density at radius 1 is 1.06 bits per heavy atom. The smallest absolute Gasteiger partial charge is 0.246 e. The first kappa shape index (κ1) is 20.5. The van der Waals surface area contributed by atoms with Crippen LogP contribution in [0.4, 0.5) is 10.2 Å². The number of nitrogens with one attached hydrogen (secondary N) is 1. The van der Waals surface area contributed by atoms with Gasteiger partial charge in [0.2, 0.25) is 10.0 Å². The highest BCUT2D eigenvalue weighted by molar-refractivity contribution is 7.89. The third-order valence-corrected chi connectivity index (χ3v) is 10.1. The van der Waals surface area contributed by atoms with Crippen molar-refractivity contribution in [3.05, 3.63) is 47.7 Å². The van der Waals surface area contributed by atoms with Gasteiger partial charge in [0, 0.05) is 18.7 Å². The van der Waals surface area contributed by atoms with Crippen LogP contribution >= 0.6 is 0 Å². The Bertz CT molecular complexity index is 1120. The summed E-state index contributed by atoms with van der Waals surface area (Å²) in [6, 6.07) is 5.54. The minimum absolute atomic E-state index is 0.139. The van der Waals surface area contributed by atoms with Gasteiger partial charge in [-0.25, -0.2) is 22.8 Å². The van der Waals surface area contributed by atoms with E-state index >= 15 is 0 Å². The third kappa shape index (κ3) is 3.43. The Morgan fingerprint density at radius 2 is 1.75 bits per heavy atom. The van der Waals surface area contributed by atoms with E-state index in [4.69, 9.17) is 0 Å². The average Bonchev–Trinajstić information content (AvgIpc) is 2.76. The Labute approximate surface area is 188 Å². The van der Waals surface area contributed by atoms with Crippen molar-refractivity contribution in [2.75, 3.05) is 18.4 Å². The lowest BCUT2D eigenvalue weighted by molar-refractivity contribution is -0.0444. The van der Waals surface area contributed by atoms with Gasteiger partial charge in [-0.2, -0.15) is 4.31 Å². The lowest BCUT2D eigenvalue weighted by Gasteiger charge is -2.57. The van der Waals surface area contributed by atoms with Gasteiger partial charge in [0.15, 0.2) is 0 Å². The quantitative estimate of drug-likeness (QED) is 0.736. The third-order valence-electron chi connectivity index (χ3n) is 8.22. The molecule has 5 aliphatic rings. The van der Waals surface area contributed by atoms with E-state index in [1.54, 1.807) is 6.07 Å². The van der Waals surface area contributed by atoms with E-state index in [-0.39, 0.29) is 11.4 Å². The first-order valence-corrected chi connectivity index (χ1v) is 13.2. The summed E-state index contributed by atoms with van der Waals surface area (Å²) in [5.41, 5.74) is 2.10. The lowest BCUT2D eigenvalue weighted by atomic mass is 9.49. The predicted molar refractivity (Wildman–Crippen MR) is 119 cm³/mol. The zero-order valence-corrected chi connectivity index (χ0v) is 19.0. The van der Waals surface area contributed by atoms with Gasteiger partial charge in [-0.15, -0.1) is 0 Å². The van der Waals surface area contributed by atoms with Gasteiger partial charge in [0.05, 0.1) is 12.2 Å². The molecule has 4 saturated carbocycles. The fourth-order valence-electron chi connectivity index (χ4n) is 7.26. The molecule has 1 N–H and O–H groups in total. The molecule has 4 bridgehead atoms. The largest absolute Gasteiger partial charge is 0.369 e. The highest BCUT2D eigenvalue weighted by Crippen LogP contribution is 2.59. The maximum Gasteiger partial charge on any atom is 0.246 e. The second-order valence-electron chi connectivity index (χ2n) is 10.4. The number of hydrogen-bond donors (Lipinski definition) is 1. The first-order chi connectivity index (χ1) is 15.4. The van der Waals surface area contributed by atoms with Crippen LogP contribution in [0.25, 0.3) is 0 Å². The van der Waals surface area contributed by atoms with Crippen LogP contribution in [0.5, 0.6) is 0 Å². The molecule has 7 rings (SSSR count). The summed E-state index contributed by atoms with van der Waals surface area (Å²) in [7, 11) is -3.91. The normalized spacial score (nSPS) is 31.5. The molecule has 0 spiro atoms. The number of hydrogen-bond acceptors (Lipinski definition) is 5. The minimum atomic E-state index is -3.91. The Morgan fingerprint density at radius 3 is 2.44 bits per heavy atom. The molecule has 4 aliphatic carbocycles. The Balaban J connectivity index is 1.20. The average molecular weight is 457 g/mol. The number of anilines is 1. The van der Waals surface area contributed by atoms with E-state index in [9.17, 15) is 12.8 Å². The summed E-state index contributed by atoms with van der Waals surface area (Å²) in [4.78, 5) is 8.62. The van der Waals surface area contributed by atoms with Crippen molar-refractivity contribution in [2.45, 2.75) is 56.4 Å². The van der Waals surface area contributed by atoms with E-state index in [2.05, 4.69) is 15.3 Å². The maximum atomic E-state index is 14.2. The molecule has 170 valence electrons. The topological polar surface area (TPSA) is 75.2 Å². The van der Waals surface area contributed by atoms with Crippen molar-refractivity contribution in [3.8, 4) is 0 Å². The van der Waals surface area contributed by atoms with E-state index < -0.39 is 15.8 Å². The van der Waals surface area contributed by atoms with Gasteiger partial charge in [-0.05, 0) is 80.2 Å². The van der Waals surface area contributed by atoms with Crippen LogP contribution in [-0.2, 0) is 23.0 Å². The van der Waals surface area contributed by atoms with Crippen molar-refractivity contribution >= 4 is 15.8 Å². The number of halogens is 1. The monoisotopic (exact) mass is 456 g/mol. The zero-order chi connectivity index (χ0) is 21.9. The van der Waals surface area contributed by atoms with Crippen LogP contribution in [0.3, 0.4) is 0 Å². The van der Waals surface area contributed by atoms with Crippen LogP contribution in [0, 0.1) is 29.0 Å². The van der Waals surface area contributed by atoms with Gasteiger partial charge < -0.3 is 5.32 Å². The van der Waals surface area contributed by atoms with E-state index in [1.165, 1.54) is 67.4 Å². The molecule has 0 saturated heterocycles. The fraction of sp³-hybridized carbons (Fsp3) is 0.583. The molecule has 1 aliphatic heterocycles. The van der Waals surface area contributed by atoms with Gasteiger partial charge in [-0.1, -0.05) is 12.1 Å². The van der Waals surface area contributed by atoms with Crippen LogP contribution in [0.2, 0.25) is 0 Å². The molecule has 0 radical (unpaired) electrons. The highest BCUT2D eigenvalue weighted by atomic mass is 32.2. The molecule has 8 heteroatoms. The second kappa shape index (κ2) is 7.48.